The van der Waals surface area contributed by atoms with E-state index in [-0.39, 0.29) is 12.2 Å². The quantitative estimate of drug-likeness (QED) is 0.685. The van der Waals surface area contributed by atoms with E-state index in [0.717, 1.165) is 11.3 Å². The maximum absolute atomic E-state index is 11.7. The van der Waals surface area contributed by atoms with Crippen molar-refractivity contribution < 1.29 is 14.3 Å². The van der Waals surface area contributed by atoms with Crippen LogP contribution in [0.1, 0.15) is 34.6 Å². The van der Waals surface area contributed by atoms with Crippen LogP contribution in [-0.4, -0.2) is 23.9 Å². The number of ether oxygens (including phenoxy) is 1. The lowest BCUT2D eigenvalue weighted by Gasteiger charge is -2.03. The number of hydrogen-bond donors (Lipinski definition) is 1. The van der Waals surface area contributed by atoms with Crippen LogP contribution in [-0.2, 0) is 9.53 Å². The number of nitrogens with zero attached hydrogens (tertiary/aromatic N) is 1. The Labute approximate surface area is 120 Å². The summed E-state index contributed by atoms with van der Waals surface area (Å²) in [5.74, 6) is -0.921. The Morgan fingerprint density at radius 3 is 2.68 bits per heavy atom. The summed E-state index contributed by atoms with van der Waals surface area (Å²) in [5, 5.41) is 11.2. The second-order valence-electron chi connectivity index (χ2n) is 3.70. The first-order valence-corrected chi connectivity index (χ1v) is 6.83. The first-order chi connectivity index (χ1) is 8.92. The Morgan fingerprint density at radius 2 is 2.21 bits per heavy atom. The Morgan fingerprint density at radius 1 is 1.58 bits per heavy atom. The van der Waals surface area contributed by atoms with E-state index in [9.17, 15) is 9.59 Å². The number of carbonyl (C=O) groups is 2. The topological polar surface area (TPSA) is 79.2 Å². The van der Waals surface area contributed by atoms with Gasteiger partial charge in [0.2, 0.25) is 5.91 Å². The van der Waals surface area contributed by atoms with Crippen molar-refractivity contribution in [2.75, 3.05) is 11.9 Å². The largest absolute Gasteiger partial charge is 0.462 e. The smallest absolute Gasteiger partial charge is 0.348 e. The third-order valence-electron chi connectivity index (χ3n) is 2.32. The van der Waals surface area contributed by atoms with E-state index >= 15 is 0 Å². The molecule has 0 aliphatic carbocycles. The fourth-order valence-corrected chi connectivity index (χ4v) is 2.45. The highest BCUT2D eigenvalue weighted by molar-refractivity contribution is 7.18. The number of carbonyl (C=O) groups excluding carboxylic acids is 2. The van der Waals surface area contributed by atoms with Gasteiger partial charge in [-0.05, 0) is 26.3 Å². The summed E-state index contributed by atoms with van der Waals surface area (Å²) in [6, 6.07) is 1.97. The number of anilines is 1. The van der Waals surface area contributed by atoms with Gasteiger partial charge in [0.15, 0.2) is 0 Å². The SMILES string of the molecule is CCOC(=O)c1sc(NC(=O)[C@@H](C)Cl)c(C#N)c1C. The van der Waals surface area contributed by atoms with Gasteiger partial charge in [0.1, 0.15) is 21.3 Å². The highest BCUT2D eigenvalue weighted by Crippen LogP contribution is 2.33. The molecule has 0 saturated carbocycles. The molecule has 0 saturated heterocycles. The Kier molecular flexibility index (Phi) is 5.33. The Balaban J connectivity index is 3.13. The molecular formula is C12H13ClN2O3S. The number of halogens is 1. The zero-order chi connectivity index (χ0) is 14.6. The highest BCUT2D eigenvalue weighted by Gasteiger charge is 2.22. The fourth-order valence-electron chi connectivity index (χ4n) is 1.34. The van der Waals surface area contributed by atoms with E-state index in [0.29, 0.717) is 15.4 Å². The lowest BCUT2D eigenvalue weighted by Crippen LogP contribution is -2.20. The third kappa shape index (κ3) is 3.46. The molecule has 1 atom stereocenters. The molecule has 0 aromatic carbocycles. The summed E-state index contributed by atoms with van der Waals surface area (Å²) in [6.07, 6.45) is 0. The summed E-state index contributed by atoms with van der Waals surface area (Å²) in [5.41, 5.74) is 0.766. The van der Waals surface area contributed by atoms with Gasteiger partial charge in [-0.25, -0.2) is 4.79 Å². The zero-order valence-electron chi connectivity index (χ0n) is 10.7. The van der Waals surface area contributed by atoms with Crippen LogP contribution in [0.2, 0.25) is 0 Å². The second-order valence-corrected chi connectivity index (χ2v) is 5.37. The molecule has 19 heavy (non-hydrogen) atoms. The number of nitriles is 1. The molecule has 0 aliphatic rings. The minimum absolute atomic E-state index is 0.248. The molecule has 0 spiro atoms. The first-order valence-electron chi connectivity index (χ1n) is 5.57. The second kappa shape index (κ2) is 6.55. The summed E-state index contributed by atoms with van der Waals surface area (Å²) >= 11 is 6.67. The molecule has 1 heterocycles. The number of thiophene rings is 1. The maximum atomic E-state index is 11.7. The molecule has 0 unspecified atom stereocenters. The Bertz CT molecular complexity index is 546. The fraction of sp³-hybridized carbons (Fsp3) is 0.417. The molecule has 0 radical (unpaired) electrons. The van der Waals surface area contributed by atoms with E-state index < -0.39 is 17.3 Å². The van der Waals surface area contributed by atoms with Gasteiger partial charge in [-0.1, -0.05) is 0 Å². The van der Waals surface area contributed by atoms with Gasteiger partial charge in [-0.3, -0.25) is 4.79 Å². The van der Waals surface area contributed by atoms with E-state index in [2.05, 4.69) is 5.32 Å². The van der Waals surface area contributed by atoms with Gasteiger partial charge >= 0.3 is 5.97 Å². The van der Waals surface area contributed by atoms with Gasteiger partial charge in [0, 0.05) is 0 Å². The average molecular weight is 301 g/mol. The predicted molar refractivity (Wildman–Crippen MR) is 73.7 cm³/mol. The number of amides is 1. The van der Waals surface area contributed by atoms with Crippen LogP contribution in [0.5, 0.6) is 0 Å². The van der Waals surface area contributed by atoms with Crippen LogP contribution in [0.15, 0.2) is 0 Å². The summed E-state index contributed by atoms with van der Waals surface area (Å²) in [4.78, 5) is 23.6. The van der Waals surface area contributed by atoms with Gasteiger partial charge in [0.25, 0.3) is 0 Å². The van der Waals surface area contributed by atoms with Crippen LogP contribution in [0.3, 0.4) is 0 Å². The molecular weight excluding hydrogens is 288 g/mol. The molecule has 5 nitrogen and oxygen atoms in total. The lowest BCUT2D eigenvalue weighted by molar-refractivity contribution is -0.115. The van der Waals surface area contributed by atoms with Crippen LogP contribution in [0.4, 0.5) is 5.00 Å². The van der Waals surface area contributed by atoms with Gasteiger partial charge in [-0.15, -0.1) is 22.9 Å². The summed E-state index contributed by atoms with van der Waals surface area (Å²) < 4.78 is 4.90. The Hall–Kier alpha value is -1.58. The van der Waals surface area contributed by atoms with Crippen molar-refractivity contribution in [2.45, 2.75) is 26.1 Å². The van der Waals surface area contributed by atoms with Gasteiger partial charge in [-0.2, -0.15) is 5.26 Å². The minimum atomic E-state index is -0.722. The number of esters is 1. The van der Waals surface area contributed by atoms with Crippen LogP contribution in [0.25, 0.3) is 0 Å². The molecule has 0 bridgehead atoms. The van der Waals surface area contributed by atoms with Crippen molar-refractivity contribution in [3.8, 4) is 6.07 Å². The zero-order valence-corrected chi connectivity index (χ0v) is 12.3. The van der Waals surface area contributed by atoms with Crippen molar-refractivity contribution in [3.05, 3.63) is 16.0 Å². The van der Waals surface area contributed by atoms with Crippen molar-refractivity contribution in [3.63, 3.8) is 0 Å². The van der Waals surface area contributed by atoms with Crippen molar-refractivity contribution in [1.29, 1.82) is 5.26 Å². The van der Waals surface area contributed by atoms with Crippen LogP contribution in [0, 0.1) is 18.3 Å². The van der Waals surface area contributed by atoms with Crippen molar-refractivity contribution in [1.82, 2.24) is 0 Å². The number of hydrogen-bond acceptors (Lipinski definition) is 5. The molecule has 0 fully saturated rings. The third-order valence-corrected chi connectivity index (χ3v) is 3.70. The molecule has 0 aliphatic heterocycles. The van der Waals surface area contributed by atoms with Gasteiger partial charge < -0.3 is 10.1 Å². The minimum Gasteiger partial charge on any atom is -0.462 e. The molecule has 1 rings (SSSR count). The highest BCUT2D eigenvalue weighted by atomic mass is 35.5. The van der Waals surface area contributed by atoms with E-state index in [1.807, 2.05) is 6.07 Å². The van der Waals surface area contributed by atoms with Crippen molar-refractivity contribution >= 4 is 39.8 Å². The first kappa shape index (κ1) is 15.5. The van der Waals surface area contributed by atoms with E-state index in [4.69, 9.17) is 21.6 Å². The standard InChI is InChI=1S/C12H13ClN2O3S/c1-4-18-12(17)9-6(2)8(5-14)11(19-9)15-10(16)7(3)13/h7H,4H2,1-3H3,(H,15,16)/t7-/m1/s1. The van der Waals surface area contributed by atoms with Crippen LogP contribution < -0.4 is 5.32 Å². The lowest BCUT2D eigenvalue weighted by atomic mass is 10.2. The molecule has 7 heteroatoms. The number of alkyl halides is 1. The predicted octanol–water partition coefficient (Wildman–Crippen LogP) is 2.67. The van der Waals surface area contributed by atoms with E-state index in [1.165, 1.54) is 6.92 Å². The molecule has 1 aromatic rings. The number of nitrogens with one attached hydrogen (secondary N) is 1. The maximum Gasteiger partial charge on any atom is 0.348 e. The van der Waals surface area contributed by atoms with Gasteiger partial charge in [0.05, 0.1) is 12.2 Å². The van der Waals surface area contributed by atoms with Crippen molar-refractivity contribution in [2.24, 2.45) is 0 Å². The van der Waals surface area contributed by atoms with Crippen LogP contribution >= 0.6 is 22.9 Å². The monoisotopic (exact) mass is 300 g/mol. The molecule has 1 amide bonds. The average Bonchev–Trinajstić information content (AvgIpc) is 2.65. The summed E-state index contributed by atoms with van der Waals surface area (Å²) in [7, 11) is 0. The normalized spacial score (nSPS) is 11.5. The van der Waals surface area contributed by atoms with E-state index in [1.54, 1.807) is 13.8 Å². The molecule has 102 valence electrons. The summed E-state index contributed by atoms with van der Waals surface area (Å²) in [6.45, 7) is 5.11. The number of rotatable bonds is 4. The molecule has 1 aromatic heterocycles. The molecule has 1 N–H and O–H groups in total.